The lowest BCUT2D eigenvalue weighted by Gasteiger charge is -2.33. The zero-order chi connectivity index (χ0) is 14.0. The van der Waals surface area contributed by atoms with Gasteiger partial charge >= 0.3 is 0 Å². The molecule has 0 bridgehead atoms. The van der Waals surface area contributed by atoms with Gasteiger partial charge in [-0.3, -0.25) is 4.79 Å². The second kappa shape index (κ2) is 7.25. The first kappa shape index (κ1) is 17.2. The van der Waals surface area contributed by atoms with Crippen molar-refractivity contribution in [3.8, 4) is 0 Å². The van der Waals surface area contributed by atoms with Gasteiger partial charge < -0.3 is 10.6 Å². The second-order valence-electron chi connectivity index (χ2n) is 5.11. The number of carbonyl (C=O) groups is 1. The summed E-state index contributed by atoms with van der Waals surface area (Å²) < 4.78 is 13.7. The molecule has 0 spiro atoms. The van der Waals surface area contributed by atoms with Crippen molar-refractivity contribution in [1.29, 1.82) is 0 Å². The zero-order valence-electron chi connectivity index (χ0n) is 11.3. The van der Waals surface area contributed by atoms with Crippen LogP contribution in [-0.4, -0.2) is 29.9 Å². The van der Waals surface area contributed by atoms with Gasteiger partial charge in [0.25, 0.3) is 5.91 Å². The van der Waals surface area contributed by atoms with Gasteiger partial charge in [0.2, 0.25) is 0 Å². The van der Waals surface area contributed by atoms with E-state index >= 15 is 0 Å². The highest BCUT2D eigenvalue weighted by Crippen LogP contribution is 2.22. The van der Waals surface area contributed by atoms with Gasteiger partial charge in [0.05, 0.1) is 5.56 Å². The van der Waals surface area contributed by atoms with Gasteiger partial charge in [0.1, 0.15) is 5.82 Å². The molecule has 1 atom stereocenters. The van der Waals surface area contributed by atoms with Crippen LogP contribution < -0.4 is 5.73 Å². The predicted octanol–water partition coefficient (Wildman–Crippen LogP) is 3.10. The minimum atomic E-state index is -0.563. The summed E-state index contributed by atoms with van der Waals surface area (Å²) in [6, 6.07) is 4.29. The smallest absolute Gasteiger partial charge is 0.256 e. The summed E-state index contributed by atoms with van der Waals surface area (Å²) in [4.78, 5) is 13.9. The van der Waals surface area contributed by atoms with E-state index in [4.69, 9.17) is 17.3 Å². The summed E-state index contributed by atoms with van der Waals surface area (Å²) in [5.41, 5.74) is 5.95. The number of piperidine rings is 1. The summed E-state index contributed by atoms with van der Waals surface area (Å²) in [5.74, 6) is -0.386. The summed E-state index contributed by atoms with van der Waals surface area (Å²) in [6.45, 7) is 3.25. The van der Waals surface area contributed by atoms with Crippen molar-refractivity contribution in [3.63, 3.8) is 0 Å². The Morgan fingerprint density at radius 1 is 1.45 bits per heavy atom. The van der Waals surface area contributed by atoms with Crippen LogP contribution in [0, 0.1) is 11.7 Å². The highest BCUT2D eigenvalue weighted by atomic mass is 35.5. The van der Waals surface area contributed by atoms with Crippen molar-refractivity contribution >= 4 is 29.9 Å². The standard InChI is InChI=1S/C14H18ClFN2O.ClH/c1-9(17)10-4-6-18(7-5-10)14(19)12-3-2-11(15)8-13(12)16;/h2-3,8-10H,4-7,17H2,1H3;1H. The van der Waals surface area contributed by atoms with Crippen LogP contribution in [0.15, 0.2) is 18.2 Å². The first-order valence-electron chi connectivity index (χ1n) is 6.49. The maximum absolute atomic E-state index is 13.7. The van der Waals surface area contributed by atoms with Gasteiger partial charge in [-0.05, 0) is 43.9 Å². The molecule has 2 N–H and O–H groups in total. The quantitative estimate of drug-likeness (QED) is 0.910. The number of rotatable bonds is 2. The van der Waals surface area contributed by atoms with Crippen molar-refractivity contribution in [3.05, 3.63) is 34.6 Å². The number of halogens is 3. The van der Waals surface area contributed by atoms with Crippen LogP contribution in [0.3, 0.4) is 0 Å². The van der Waals surface area contributed by atoms with E-state index in [1.54, 1.807) is 4.90 Å². The molecule has 0 aliphatic carbocycles. The molecule has 1 aromatic rings. The SMILES string of the molecule is CC(N)C1CCN(C(=O)c2ccc(Cl)cc2F)CC1.Cl. The maximum Gasteiger partial charge on any atom is 0.256 e. The molecule has 20 heavy (non-hydrogen) atoms. The van der Waals surface area contributed by atoms with Crippen LogP contribution in [0.4, 0.5) is 4.39 Å². The van der Waals surface area contributed by atoms with Gasteiger partial charge in [-0.2, -0.15) is 0 Å². The van der Waals surface area contributed by atoms with Crippen LogP contribution in [-0.2, 0) is 0 Å². The van der Waals surface area contributed by atoms with Gasteiger partial charge in [-0.25, -0.2) is 4.39 Å². The molecule has 1 aliphatic rings. The highest BCUT2D eigenvalue weighted by molar-refractivity contribution is 6.30. The molecule has 3 nitrogen and oxygen atoms in total. The Balaban J connectivity index is 0.00000200. The van der Waals surface area contributed by atoms with Gasteiger partial charge in [0, 0.05) is 24.2 Å². The van der Waals surface area contributed by atoms with E-state index in [1.807, 2.05) is 6.92 Å². The molecule has 0 saturated carbocycles. The number of carbonyl (C=O) groups excluding carboxylic acids is 1. The Morgan fingerprint density at radius 3 is 2.55 bits per heavy atom. The van der Waals surface area contributed by atoms with Crippen LogP contribution in [0.5, 0.6) is 0 Å². The normalized spacial score (nSPS) is 17.5. The van der Waals surface area contributed by atoms with Crippen LogP contribution in [0.1, 0.15) is 30.1 Å². The average molecular weight is 321 g/mol. The van der Waals surface area contributed by atoms with Crippen LogP contribution >= 0.6 is 24.0 Å². The minimum Gasteiger partial charge on any atom is -0.339 e. The Bertz CT molecular complexity index is 474. The summed E-state index contributed by atoms with van der Waals surface area (Å²) in [7, 11) is 0. The van der Waals surface area contributed by atoms with Crippen molar-refractivity contribution < 1.29 is 9.18 Å². The maximum atomic E-state index is 13.7. The fourth-order valence-electron chi connectivity index (χ4n) is 2.46. The van der Waals surface area contributed by atoms with Crippen molar-refractivity contribution in [2.75, 3.05) is 13.1 Å². The Kier molecular flexibility index (Phi) is 6.24. The Hall–Kier alpha value is -0.840. The van der Waals surface area contributed by atoms with E-state index in [9.17, 15) is 9.18 Å². The lowest BCUT2D eigenvalue weighted by molar-refractivity contribution is 0.0676. The molecule has 1 aliphatic heterocycles. The highest BCUT2D eigenvalue weighted by Gasteiger charge is 2.26. The molecule has 0 aromatic heterocycles. The van der Waals surface area contributed by atoms with Crippen molar-refractivity contribution in [2.24, 2.45) is 11.7 Å². The predicted molar refractivity (Wildman–Crippen MR) is 80.9 cm³/mol. The molecule has 6 heteroatoms. The minimum absolute atomic E-state index is 0. The van der Waals surface area contributed by atoms with E-state index < -0.39 is 5.82 Å². The monoisotopic (exact) mass is 320 g/mol. The number of hydrogen-bond donors (Lipinski definition) is 1. The van der Waals surface area contributed by atoms with Crippen molar-refractivity contribution in [1.82, 2.24) is 4.90 Å². The Labute approximate surface area is 129 Å². The summed E-state index contributed by atoms with van der Waals surface area (Å²) >= 11 is 5.68. The van der Waals surface area contributed by atoms with Gasteiger partial charge in [-0.15, -0.1) is 12.4 Å². The number of benzene rings is 1. The van der Waals surface area contributed by atoms with E-state index in [-0.39, 0.29) is 29.9 Å². The Morgan fingerprint density at radius 2 is 2.05 bits per heavy atom. The number of nitrogens with zero attached hydrogens (tertiary/aromatic N) is 1. The molecule has 2 rings (SSSR count). The third-order valence-corrected chi connectivity index (χ3v) is 3.97. The first-order chi connectivity index (χ1) is 8.99. The molecule has 112 valence electrons. The third-order valence-electron chi connectivity index (χ3n) is 3.73. The first-order valence-corrected chi connectivity index (χ1v) is 6.86. The lowest BCUT2D eigenvalue weighted by Crippen LogP contribution is -2.42. The third kappa shape index (κ3) is 3.84. The fourth-order valence-corrected chi connectivity index (χ4v) is 2.62. The van der Waals surface area contributed by atoms with E-state index in [0.717, 1.165) is 12.8 Å². The largest absolute Gasteiger partial charge is 0.339 e. The number of likely N-dealkylation sites (tertiary alicyclic amines) is 1. The van der Waals surface area contributed by atoms with E-state index in [1.165, 1.54) is 18.2 Å². The molecule has 1 amide bonds. The van der Waals surface area contributed by atoms with E-state index in [2.05, 4.69) is 0 Å². The lowest BCUT2D eigenvalue weighted by atomic mass is 9.90. The average Bonchev–Trinajstić information content (AvgIpc) is 2.38. The molecular formula is C14H19Cl2FN2O. The molecule has 1 heterocycles. The van der Waals surface area contributed by atoms with Crippen molar-refractivity contribution in [2.45, 2.75) is 25.8 Å². The topological polar surface area (TPSA) is 46.3 Å². The summed E-state index contributed by atoms with van der Waals surface area (Å²) in [5, 5.41) is 0.296. The van der Waals surface area contributed by atoms with Gasteiger partial charge in [-0.1, -0.05) is 11.6 Å². The fraction of sp³-hybridized carbons (Fsp3) is 0.500. The number of hydrogen-bond acceptors (Lipinski definition) is 2. The van der Waals surface area contributed by atoms with Gasteiger partial charge in [0.15, 0.2) is 0 Å². The summed E-state index contributed by atoms with van der Waals surface area (Å²) in [6.07, 6.45) is 1.75. The molecular weight excluding hydrogens is 302 g/mol. The van der Waals surface area contributed by atoms with E-state index in [0.29, 0.717) is 24.0 Å². The number of nitrogens with two attached hydrogens (primary N) is 1. The van der Waals surface area contributed by atoms with Crippen LogP contribution in [0.25, 0.3) is 0 Å². The second-order valence-corrected chi connectivity index (χ2v) is 5.55. The molecule has 1 fully saturated rings. The number of amides is 1. The molecule has 1 aromatic carbocycles. The van der Waals surface area contributed by atoms with Crippen LogP contribution in [0.2, 0.25) is 5.02 Å². The molecule has 1 unspecified atom stereocenters. The zero-order valence-corrected chi connectivity index (χ0v) is 12.9. The molecule has 1 saturated heterocycles. The molecule has 0 radical (unpaired) electrons.